The quantitative estimate of drug-likeness (QED) is 0.813. The van der Waals surface area contributed by atoms with Gasteiger partial charge in [-0.05, 0) is 49.1 Å². The smallest absolute Gasteiger partial charge is 0.126 e. The molecule has 4 nitrogen and oxygen atoms in total. The van der Waals surface area contributed by atoms with Crippen molar-refractivity contribution in [3.8, 4) is 17.0 Å². The standard InChI is InChI=1S/C17H25N3O/c1-4-11-21-14-9-7-13(8-10-14)15-12-19-16(20-15)17(18,5-2)6-3/h7-10,12H,4-6,11,18H2,1-3H3,(H,19,20). The number of aromatic nitrogens is 2. The zero-order valence-corrected chi connectivity index (χ0v) is 13.1. The van der Waals surface area contributed by atoms with Gasteiger partial charge in [0.25, 0.3) is 0 Å². The molecule has 114 valence electrons. The first-order valence-corrected chi connectivity index (χ1v) is 7.70. The SMILES string of the molecule is CCCOc1ccc(-c2cnc(C(N)(CC)CC)[nH]2)cc1. The van der Waals surface area contributed by atoms with Gasteiger partial charge in [0.1, 0.15) is 11.6 Å². The maximum Gasteiger partial charge on any atom is 0.126 e. The van der Waals surface area contributed by atoms with Crippen LogP contribution in [0.2, 0.25) is 0 Å². The highest BCUT2D eigenvalue weighted by Gasteiger charge is 2.26. The Morgan fingerprint density at radius 2 is 1.81 bits per heavy atom. The van der Waals surface area contributed by atoms with E-state index in [1.807, 2.05) is 30.5 Å². The van der Waals surface area contributed by atoms with Gasteiger partial charge in [-0.25, -0.2) is 4.98 Å². The number of hydrogen-bond acceptors (Lipinski definition) is 3. The van der Waals surface area contributed by atoms with Crippen molar-refractivity contribution in [2.24, 2.45) is 5.73 Å². The van der Waals surface area contributed by atoms with Crippen LogP contribution in [-0.2, 0) is 5.54 Å². The monoisotopic (exact) mass is 287 g/mol. The first kappa shape index (κ1) is 15.6. The Hall–Kier alpha value is -1.81. The van der Waals surface area contributed by atoms with Crippen LogP contribution in [0.15, 0.2) is 30.5 Å². The summed E-state index contributed by atoms with van der Waals surface area (Å²) in [5, 5.41) is 0. The number of rotatable bonds is 7. The number of benzene rings is 1. The summed E-state index contributed by atoms with van der Waals surface area (Å²) in [7, 11) is 0. The van der Waals surface area contributed by atoms with E-state index in [1.165, 1.54) is 0 Å². The lowest BCUT2D eigenvalue weighted by atomic mass is 9.93. The lowest BCUT2D eigenvalue weighted by Gasteiger charge is -2.23. The van der Waals surface area contributed by atoms with Crippen LogP contribution in [-0.4, -0.2) is 16.6 Å². The van der Waals surface area contributed by atoms with E-state index in [1.54, 1.807) is 0 Å². The molecule has 0 saturated heterocycles. The van der Waals surface area contributed by atoms with Crippen molar-refractivity contribution in [1.29, 1.82) is 0 Å². The Balaban J connectivity index is 2.18. The number of aromatic amines is 1. The van der Waals surface area contributed by atoms with E-state index in [0.29, 0.717) is 0 Å². The Labute approximate surface area is 126 Å². The predicted octanol–water partition coefficient (Wildman–Crippen LogP) is 3.84. The zero-order chi connectivity index (χ0) is 15.3. The highest BCUT2D eigenvalue weighted by molar-refractivity contribution is 5.59. The molecule has 1 heterocycles. The largest absolute Gasteiger partial charge is 0.494 e. The van der Waals surface area contributed by atoms with Gasteiger partial charge in [0.05, 0.1) is 24.0 Å². The average Bonchev–Trinajstić information content (AvgIpc) is 3.03. The molecular weight excluding hydrogens is 262 g/mol. The second-order valence-corrected chi connectivity index (χ2v) is 5.38. The number of nitrogens with two attached hydrogens (primary N) is 1. The van der Waals surface area contributed by atoms with Gasteiger partial charge in [-0.2, -0.15) is 0 Å². The molecule has 4 heteroatoms. The molecule has 0 atom stereocenters. The zero-order valence-electron chi connectivity index (χ0n) is 13.1. The van der Waals surface area contributed by atoms with Crippen molar-refractivity contribution in [1.82, 2.24) is 9.97 Å². The minimum atomic E-state index is -0.373. The Kier molecular flexibility index (Phi) is 5.02. The Morgan fingerprint density at radius 1 is 1.14 bits per heavy atom. The summed E-state index contributed by atoms with van der Waals surface area (Å²) in [4.78, 5) is 7.82. The summed E-state index contributed by atoms with van der Waals surface area (Å²) in [5.41, 5.74) is 8.08. The number of H-pyrrole nitrogens is 1. The molecule has 0 spiro atoms. The molecule has 0 bridgehead atoms. The summed E-state index contributed by atoms with van der Waals surface area (Å²) in [6, 6.07) is 8.05. The van der Waals surface area contributed by atoms with Gasteiger partial charge >= 0.3 is 0 Å². The van der Waals surface area contributed by atoms with Crippen LogP contribution in [0, 0.1) is 0 Å². The summed E-state index contributed by atoms with van der Waals surface area (Å²) >= 11 is 0. The number of imidazole rings is 1. The van der Waals surface area contributed by atoms with Crippen LogP contribution in [0.1, 0.15) is 45.9 Å². The lowest BCUT2D eigenvalue weighted by molar-refractivity contribution is 0.317. The van der Waals surface area contributed by atoms with Gasteiger partial charge in [-0.15, -0.1) is 0 Å². The highest BCUT2D eigenvalue weighted by atomic mass is 16.5. The van der Waals surface area contributed by atoms with Crippen LogP contribution >= 0.6 is 0 Å². The molecule has 0 aliphatic carbocycles. The van der Waals surface area contributed by atoms with Crippen molar-refractivity contribution >= 4 is 0 Å². The van der Waals surface area contributed by atoms with Crippen LogP contribution in [0.4, 0.5) is 0 Å². The number of nitrogens with one attached hydrogen (secondary N) is 1. The second kappa shape index (κ2) is 6.76. The van der Waals surface area contributed by atoms with E-state index in [2.05, 4.69) is 30.7 Å². The fourth-order valence-electron chi connectivity index (χ4n) is 2.26. The molecule has 2 aromatic rings. The minimum absolute atomic E-state index is 0.373. The van der Waals surface area contributed by atoms with Gasteiger partial charge in [0, 0.05) is 0 Å². The Morgan fingerprint density at radius 3 is 2.38 bits per heavy atom. The molecule has 0 radical (unpaired) electrons. The summed E-state index contributed by atoms with van der Waals surface area (Å²) in [6.45, 7) is 7.02. The molecule has 21 heavy (non-hydrogen) atoms. The number of ether oxygens (including phenoxy) is 1. The molecule has 3 N–H and O–H groups in total. The van der Waals surface area contributed by atoms with E-state index in [9.17, 15) is 0 Å². The molecule has 0 amide bonds. The van der Waals surface area contributed by atoms with Crippen LogP contribution in [0.3, 0.4) is 0 Å². The van der Waals surface area contributed by atoms with Crippen molar-refractivity contribution in [2.45, 2.75) is 45.6 Å². The van der Waals surface area contributed by atoms with Gasteiger partial charge in [-0.3, -0.25) is 0 Å². The van der Waals surface area contributed by atoms with Crippen molar-refractivity contribution in [3.63, 3.8) is 0 Å². The highest BCUT2D eigenvalue weighted by Crippen LogP contribution is 2.26. The first-order valence-electron chi connectivity index (χ1n) is 7.70. The van der Waals surface area contributed by atoms with E-state index in [-0.39, 0.29) is 5.54 Å². The van der Waals surface area contributed by atoms with E-state index in [0.717, 1.165) is 48.7 Å². The number of hydrogen-bond donors (Lipinski definition) is 2. The second-order valence-electron chi connectivity index (χ2n) is 5.38. The predicted molar refractivity (Wildman–Crippen MR) is 86.3 cm³/mol. The maximum atomic E-state index is 6.37. The molecule has 1 aromatic heterocycles. The van der Waals surface area contributed by atoms with Crippen LogP contribution < -0.4 is 10.5 Å². The normalized spacial score (nSPS) is 11.6. The average molecular weight is 287 g/mol. The van der Waals surface area contributed by atoms with E-state index < -0.39 is 0 Å². The molecule has 0 aliphatic heterocycles. The third-order valence-corrected chi connectivity index (χ3v) is 3.95. The third-order valence-electron chi connectivity index (χ3n) is 3.95. The van der Waals surface area contributed by atoms with Gasteiger partial charge in [0.15, 0.2) is 0 Å². The molecule has 0 aliphatic rings. The van der Waals surface area contributed by atoms with Gasteiger partial charge in [0.2, 0.25) is 0 Å². The topological polar surface area (TPSA) is 63.9 Å². The lowest BCUT2D eigenvalue weighted by Crippen LogP contribution is -2.36. The van der Waals surface area contributed by atoms with Crippen molar-refractivity contribution < 1.29 is 4.74 Å². The molecule has 0 unspecified atom stereocenters. The molecule has 0 saturated carbocycles. The van der Waals surface area contributed by atoms with Crippen LogP contribution in [0.25, 0.3) is 11.3 Å². The molecular formula is C17H25N3O. The summed E-state index contributed by atoms with van der Waals surface area (Å²) in [6.07, 6.45) is 4.59. The van der Waals surface area contributed by atoms with E-state index >= 15 is 0 Å². The minimum Gasteiger partial charge on any atom is -0.494 e. The van der Waals surface area contributed by atoms with Gasteiger partial charge in [-0.1, -0.05) is 20.8 Å². The maximum absolute atomic E-state index is 6.37. The fourth-order valence-corrected chi connectivity index (χ4v) is 2.26. The molecule has 2 rings (SSSR count). The van der Waals surface area contributed by atoms with Crippen LogP contribution in [0.5, 0.6) is 5.75 Å². The summed E-state index contributed by atoms with van der Waals surface area (Å²) in [5.74, 6) is 1.75. The number of nitrogens with zero attached hydrogens (tertiary/aromatic N) is 1. The Bertz CT molecular complexity index is 556. The molecule has 1 aromatic carbocycles. The fraction of sp³-hybridized carbons (Fsp3) is 0.471. The van der Waals surface area contributed by atoms with Crippen molar-refractivity contribution in [2.75, 3.05) is 6.61 Å². The van der Waals surface area contributed by atoms with Gasteiger partial charge < -0.3 is 15.5 Å². The van der Waals surface area contributed by atoms with E-state index in [4.69, 9.17) is 10.5 Å². The van der Waals surface area contributed by atoms with Crippen molar-refractivity contribution in [3.05, 3.63) is 36.3 Å². The first-order chi connectivity index (χ1) is 10.1. The molecule has 0 fully saturated rings. The summed E-state index contributed by atoms with van der Waals surface area (Å²) < 4.78 is 5.59. The third kappa shape index (κ3) is 3.45.